The van der Waals surface area contributed by atoms with Crippen LogP contribution in [-0.4, -0.2) is 45.4 Å². The zero-order valence-electron chi connectivity index (χ0n) is 27.5. The van der Waals surface area contributed by atoms with Gasteiger partial charge in [0.05, 0.1) is 0 Å². The van der Waals surface area contributed by atoms with E-state index in [-0.39, 0.29) is 48.5 Å². The van der Waals surface area contributed by atoms with Gasteiger partial charge in [-0.2, -0.15) is 0 Å². The molecule has 0 saturated heterocycles. The van der Waals surface area contributed by atoms with Crippen molar-refractivity contribution in [1.29, 1.82) is 0 Å². The van der Waals surface area contributed by atoms with Crippen molar-refractivity contribution >= 4 is 21.8 Å². The summed E-state index contributed by atoms with van der Waals surface area (Å²) in [6.07, 6.45) is -0.640. The number of carbonyl (C=O) groups excluding carboxylic acids is 2. The van der Waals surface area contributed by atoms with Crippen LogP contribution in [0.3, 0.4) is 0 Å². The molecule has 0 radical (unpaired) electrons. The van der Waals surface area contributed by atoms with Crippen molar-refractivity contribution in [3.8, 4) is 5.75 Å². The molecule has 244 valence electrons. The highest BCUT2D eigenvalue weighted by Crippen LogP contribution is 2.31. The molecule has 0 saturated carbocycles. The third kappa shape index (κ3) is 11.5. The predicted molar refractivity (Wildman–Crippen MR) is 173 cm³/mol. The van der Waals surface area contributed by atoms with Crippen molar-refractivity contribution in [3.63, 3.8) is 0 Å². The molecule has 1 heterocycles. The van der Waals surface area contributed by atoms with Crippen molar-refractivity contribution in [2.75, 3.05) is 13.1 Å². The highest BCUT2D eigenvalue weighted by molar-refractivity contribution is 6.31. The summed E-state index contributed by atoms with van der Waals surface area (Å²) in [4.78, 5) is 41.6. The molecule has 11 heteroatoms. The van der Waals surface area contributed by atoms with Crippen molar-refractivity contribution in [2.45, 2.75) is 84.8 Å². The van der Waals surface area contributed by atoms with Crippen molar-refractivity contribution in [3.05, 3.63) is 99.4 Å². The Hall–Kier alpha value is -3.96. The molecule has 1 N–H and O–H groups in total. The van der Waals surface area contributed by atoms with Gasteiger partial charge >= 0.3 is 6.09 Å². The van der Waals surface area contributed by atoms with Gasteiger partial charge < -0.3 is 28.5 Å². The second-order valence-electron chi connectivity index (χ2n) is 13.5. The molecular formula is C34H45FN2O7Si. The molecule has 9 nitrogen and oxygen atoms in total. The van der Waals surface area contributed by atoms with Crippen LogP contribution in [0.15, 0.2) is 69.9 Å². The summed E-state index contributed by atoms with van der Waals surface area (Å²) in [5.74, 6) is -1.40. The summed E-state index contributed by atoms with van der Waals surface area (Å²) in [5, 5.41) is 2.63. The van der Waals surface area contributed by atoms with Crippen LogP contribution < -0.4 is 15.5 Å². The Morgan fingerprint density at radius 2 is 1.58 bits per heavy atom. The van der Waals surface area contributed by atoms with Crippen LogP contribution in [-0.2, 0) is 27.9 Å². The maximum atomic E-state index is 14.3. The third-order valence-electron chi connectivity index (χ3n) is 6.41. The van der Waals surface area contributed by atoms with E-state index in [1.807, 2.05) is 30.3 Å². The second-order valence-corrected chi connectivity index (χ2v) is 16.2. The number of hydrogen-bond acceptors (Lipinski definition) is 7. The van der Waals surface area contributed by atoms with Gasteiger partial charge in [-0.25, -0.2) is 9.18 Å². The van der Waals surface area contributed by atoms with Crippen LogP contribution in [0, 0.1) is 5.82 Å². The molecule has 1 aromatic heterocycles. The minimum Gasteiger partial charge on any atom is -0.481 e. The van der Waals surface area contributed by atoms with Crippen molar-refractivity contribution < 1.29 is 32.3 Å². The Bertz CT molecular complexity index is 1490. The van der Waals surface area contributed by atoms with Crippen LogP contribution in [0.2, 0.25) is 5.04 Å². The maximum Gasteiger partial charge on any atom is 0.407 e. The molecule has 0 aliphatic rings. The fourth-order valence-electron chi connectivity index (χ4n) is 4.07. The molecule has 0 aliphatic heterocycles. The molecule has 0 spiro atoms. The number of nitrogens with one attached hydrogen (secondary N) is 1. The van der Waals surface area contributed by atoms with Gasteiger partial charge in [0.15, 0.2) is 9.76 Å². The van der Waals surface area contributed by atoms with Gasteiger partial charge in [-0.3, -0.25) is 9.59 Å². The van der Waals surface area contributed by atoms with Gasteiger partial charge in [0.25, 0.3) is 5.91 Å². The molecular weight excluding hydrogens is 595 g/mol. The summed E-state index contributed by atoms with van der Waals surface area (Å²) in [6.45, 7) is 15.2. The first kappa shape index (κ1) is 35.5. The average molecular weight is 641 g/mol. The predicted octanol–water partition coefficient (Wildman–Crippen LogP) is 6.08. The summed E-state index contributed by atoms with van der Waals surface area (Å²) in [6, 6.07) is 16.3. The van der Waals surface area contributed by atoms with E-state index >= 15 is 0 Å². The standard InChI is InChI=1S/C34H45FN2O7Si/c1-32(2,3)43-31(40)36-18-19-37(21-23-14-16-25(35)17-15-23)30(39)29-28(41-22-24-12-10-9-11-13-24)26(38)20-27(42-29)34(7,8)44-45-33(4,5)6/h9-17,20H,18-19,21-22,45H2,1-8H3,(H,36,40). The van der Waals surface area contributed by atoms with E-state index in [1.54, 1.807) is 46.8 Å². The minimum atomic E-state index is -1.06. The summed E-state index contributed by atoms with van der Waals surface area (Å²) < 4.78 is 37.4. The Balaban J connectivity index is 2.02. The van der Waals surface area contributed by atoms with Gasteiger partial charge in [0.1, 0.15) is 29.4 Å². The largest absolute Gasteiger partial charge is 0.481 e. The number of alkyl carbamates (subject to hydrolysis) is 1. The number of ether oxygens (including phenoxy) is 2. The zero-order valence-corrected chi connectivity index (χ0v) is 28.9. The normalized spacial score (nSPS) is 12.3. The number of rotatable bonds is 12. The smallest absolute Gasteiger partial charge is 0.407 e. The highest BCUT2D eigenvalue weighted by Gasteiger charge is 2.32. The van der Waals surface area contributed by atoms with Crippen LogP contribution in [0.5, 0.6) is 5.75 Å². The van der Waals surface area contributed by atoms with Crippen molar-refractivity contribution in [2.24, 2.45) is 0 Å². The van der Waals surface area contributed by atoms with Gasteiger partial charge in [-0.1, -0.05) is 63.2 Å². The Labute approximate surface area is 267 Å². The summed E-state index contributed by atoms with van der Waals surface area (Å²) in [7, 11) is -1.06. The average Bonchev–Trinajstić information content (AvgIpc) is 2.94. The van der Waals surface area contributed by atoms with Crippen LogP contribution in [0.1, 0.15) is 82.8 Å². The molecule has 45 heavy (non-hydrogen) atoms. The molecule has 2 aromatic carbocycles. The van der Waals surface area contributed by atoms with E-state index < -0.39 is 44.2 Å². The lowest BCUT2D eigenvalue weighted by atomic mass is 10.1. The lowest BCUT2D eigenvalue weighted by molar-refractivity contribution is 0.0503. The fourth-order valence-corrected chi connectivity index (χ4v) is 5.00. The first-order chi connectivity index (χ1) is 20.9. The Morgan fingerprint density at radius 1 is 0.933 bits per heavy atom. The Kier molecular flexibility index (Phi) is 11.7. The molecule has 3 rings (SSSR count). The van der Waals surface area contributed by atoms with Crippen molar-refractivity contribution in [1.82, 2.24) is 10.2 Å². The zero-order chi connectivity index (χ0) is 33.4. The third-order valence-corrected chi connectivity index (χ3v) is 8.14. The minimum absolute atomic E-state index is 0.0257. The molecule has 3 aromatic rings. The highest BCUT2D eigenvalue weighted by atomic mass is 28.2. The molecule has 0 unspecified atom stereocenters. The van der Waals surface area contributed by atoms with E-state index in [1.165, 1.54) is 23.1 Å². The van der Waals surface area contributed by atoms with Gasteiger partial charge in [0.2, 0.25) is 16.9 Å². The summed E-state index contributed by atoms with van der Waals surface area (Å²) >= 11 is 0. The number of carbonyl (C=O) groups is 2. The second kappa shape index (κ2) is 14.9. The number of benzene rings is 2. The topological polar surface area (TPSA) is 107 Å². The number of nitrogens with zero attached hydrogens (tertiary/aromatic N) is 1. The first-order valence-corrected chi connectivity index (χ1v) is 16.2. The molecule has 2 amide bonds. The maximum absolute atomic E-state index is 14.3. The SMILES string of the molecule is CC(C)(C)OC(=O)NCCN(Cc1ccc(F)cc1)C(=O)c1oc(C(C)(C)O[SiH2]C(C)(C)C)cc(=O)c1OCc1ccccc1. The number of hydrogen-bond donors (Lipinski definition) is 1. The van der Waals surface area contributed by atoms with Gasteiger partial charge in [-0.05, 0) is 62.9 Å². The van der Waals surface area contributed by atoms with Crippen LogP contribution in [0.25, 0.3) is 0 Å². The first-order valence-electron chi connectivity index (χ1n) is 14.9. The van der Waals surface area contributed by atoms with Gasteiger partial charge in [0, 0.05) is 25.7 Å². The number of halogens is 1. The molecule has 0 bridgehead atoms. The van der Waals surface area contributed by atoms with E-state index in [9.17, 15) is 18.8 Å². The van der Waals surface area contributed by atoms with Crippen LogP contribution in [0.4, 0.5) is 9.18 Å². The molecule has 0 atom stereocenters. The van der Waals surface area contributed by atoms with E-state index in [4.69, 9.17) is 18.3 Å². The molecule has 0 fully saturated rings. The van der Waals surface area contributed by atoms with E-state index in [0.29, 0.717) is 5.56 Å². The molecule has 0 aliphatic carbocycles. The van der Waals surface area contributed by atoms with E-state index in [0.717, 1.165) is 5.56 Å². The monoisotopic (exact) mass is 640 g/mol. The lowest BCUT2D eigenvalue weighted by Gasteiger charge is -2.30. The number of amides is 2. The Morgan fingerprint density at radius 3 is 2.18 bits per heavy atom. The van der Waals surface area contributed by atoms with Gasteiger partial charge in [-0.15, -0.1) is 0 Å². The fraction of sp³-hybridized carbons (Fsp3) is 0.441. The summed E-state index contributed by atoms with van der Waals surface area (Å²) in [5.41, 5.74) is -0.798. The van der Waals surface area contributed by atoms with E-state index in [2.05, 4.69) is 26.1 Å². The van der Waals surface area contributed by atoms with Crippen LogP contribution >= 0.6 is 0 Å². The lowest BCUT2D eigenvalue weighted by Crippen LogP contribution is -2.40. The quantitative estimate of drug-likeness (QED) is 0.239.